The predicted molar refractivity (Wildman–Crippen MR) is 133 cm³/mol. The number of Topliss-reactive ketones (excluding diaryl/α,β-unsaturated/α-hetero) is 1. The van der Waals surface area contributed by atoms with Crippen molar-refractivity contribution in [1.29, 1.82) is 0 Å². The number of hydrogen-bond acceptors (Lipinski definition) is 6. The number of para-hydroxylation sites is 1. The van der Waals surface area contributed by atoms with Crippen molar-refractivity contribution in [2.45, 2.75) is 19.9 Å². The SMILES string of the molecule is COc1ccccc1C1/C(=C(\O)c2ccc(F)cc2)C(=O)C(=O)N1c1nc2c(C)cc(C)cc2s1. The summed E-state index contributed by atoms with van der Waals surface area (Å²) in [5, 5.41) is 11.5. The highest BCUT2D eigenvalue weighted by molar-refractivity contribution is 7.22. The molecular formula is C27H21FN2O4S. The van der Waals surface area contributed by atoms with Crippen molar-refractivity contribution in [1.82, 2.24) is 4.98 Å². The number of thiazole rings is 1. The molecule has 35 heavy (non-hydrogen) atoms. The number of amides is 1. The van der Waals surface area contributed by atoms with Crippen LogP contribution < -0.4 is 9.64 Å². The molecule has 1 aliphatic rings. The van der Waals surface area contributed by atoms with Crippen LogP contribution in [0.25, 0.3) is 16.0 Å². The molecule has 0 spiro atoms. The van der Waals surface area contributed by atoms with Crippen molar-refractivity contribution in [2.24, 2.45) is 0 Å². The number of fused-ring (bicyclic) bond motifs is 1. The lowest BCUT2D eigenvalue weighted by atomic mass is 9.94. The Morgan fingerprint density at radius 3 is 2.51 bits per heavy atom. The number of aliphatic hydroxyl groups excluding tert-OH is 1. The molecule has 1 N–H and O–H groups in total. The number of halogens is 1. The number of ketones is 1. The topological polar surface area (TPSA) is 79.7 Å². The maximum absolute atomic E-state index is 13.5. The molecular weight excluding hydrogens is 467 g/mol. The number of benzene rings is 3. The first kappa shape index (κ1) is 22.7. The number of ether oxygens (including phenoxy) is 1. The minimum Gasteiger partial charge on any atom is -0.507 e. The second-order valence-corrected chi connectivity index (χ2v) is 9.35. The average Bonchev–Trinajstić information content (AvgIpc) is 3.37. The molecule has 5 rings (SSSR count). The third kappa shape index (κ3) is 3.76. The smallest absolute Gasteiger partial charge is 0.301 e. The Hall–Kier alpha value is -4.04. The van der Waals surface area contributed by atoms with Crippen LogP contribution in [-0.2, 0) is 9.59 Å². The maximum atomic E-state index is 13.5. The fourth-order valence-corrected chi connectivity index (χ4v) is 5.61. The van der Waals surface area contributed by atoms with E-state index in [1.54, 1.807) is 24.3 Å². The zero-order valence-corrected chi connectivity index (χ0v) is 20.0. The molecule has 2 heterocycles. The van der Waals surface area contributed by atoms with Crippen molar-refractivity contribution in [3.63, 3.8) is 0 Å². The van der Waals surface area contributed by atoms with Crippen LogP contribution in [0.5, 0.6) is 5.75 Å². The first-order valence-electron chi connectivity index (χ1n) is 10.9. The van der Waals surface area contributed by atoms with Gasteiger partial charge >= 0.3 is 5.91 Å². The first-order chi connectivity index (χ1) is 16.8. The van der Waals surface area contributed by atoms with Gasteiger partial charge in [-0.1, -0.05) is 35.6 Å². The number of anilines is 1. The molecule has 4 aromatic rings. The minimum atomic E-state index is -0.988. The van der Waals surface area contributed by atoms with Crippen molar-refractivity contribution in [3.8, 4) is 5.75 Å². The number of rotatable bonds is 4. The van der Waals surface area contributed by atoms with E-state index in [1.165, 1.54) is 47.6 Å². The van der Waals surface area contributed by atoms with E-state index < -0.39 is 29.3 Å². The number of methoxy groups -OCH3 is 1. The van der Waals surface area contributed by atoms with Crippen LogP contribution in [-0.4, -0.2) is 28.9 Å². The Morgan fingerprint density at radius 2 is 1.80 bits per heavy atom. The van der Waals surface area contributed by atoms with Crippen molar-refractivity contribution < 1.29 is 23.8 Å². The Balaban J connectivity index is 1.77. The Kier molecular flexibility index (Phi) is 5.61. The number of aryl methyl sites for hydroxylation is 2. The van der Waals surface area contributed by atoms with Gasteiger partial charge in [-0.05, 0) is 61.4 Å². The minimum absolute atomic E-state index is 0.113. The summed E-state index contributed by atoms with van der Waals surface area (Å²) in [6.45, 7) is 3.93. The highest BCUT2D eigenvalue weighted by Gasteiger charge is 2.49. The van der Waals surface area contributed by atoms with Crippen molar-refractivity contribution >= 4 is 44.1 Å². The van der Waals surface area contributed by atoms with Gasteiger partial charge in [0, 0.05) is 11.1 Å². The van der Waals surface area contributed by atoms with Crippen LogP contribution in [0.1, 0.15) is 28.3 Å². The van der Waals surface area contributed by atoms with Gasteiger partial charge in [0.2, 0.25) is 0 Å². The summed E-state index contributed by atoms with van der Waals surface area (Å²) in [5.41, 5.74) is 3.39. The molecule has 1 fully saturated rings. The molecule has 1 aromatic heterocycles. The molecule has 1 saturated heterocycles. The number of carbonyl (C=O) groups is 2. The molecule has 6 nitrogen and oxygen atoms in total. The molecule has 1 unspecified atom stereocenters. The van der Waals surface area contributed by atoms with E-state index in [4.69, 9.17) is 9.72 Å². The average molecular weight is 489 g/mol. The second kappa shape index (κ2) is 8.63. The van der Waals surface area contributed by atoms with E-state index in [0.29, 0.717) is 16.4 Å². The third-order valence-corrected chi connectivity index (χ3v) is 7.02. The lowest BCUT2D eigenvalue weighted by Gasteiger charge is -2.24. The summed E-state index contributed by atoms with van der Waals surface area (Å²) >= 11 is 1.30. The van der Waals surface area contributed by atoms with Crippen molar-refractivity contribution in [2.75, 3.05) is 12.0 Å². The number of hydrogen-bond donors (Lipinski definition) is 1. The number of aromatic nitrogens is 1. The quantitative estimate of drug-likeness (QED) is 0.227. The zero-order chi connectivity index (χ0) is 24.9. The van der Waals surface area contributed by atoms with Gasteiger partial charge in [-0.2, -0.15) is 0 Å². The van der Waals surface area contributed by atoms with E-state index in [2.05, 4.69) is 0 Å². The van der Waals surface area contributed by atoms with E-state index in [0.717, 1.165) is 21.3 Å². The monoisotopic (exact) mass is 488 g/mol. The standard InChI is InChI=1S/C27H21FN2O4S/c1-14-12-15(2)22-20(13-14)35-27(29-22)30-23(18-6-4-5-7-19(18)34-3)21(25(32)26(30)33)24(31)16-8-10-17(28)11-9-16/h4-13,23,31H,1-3H3/b24-21+. The Morgan fingerprint density at radius 1 is 1.09 bits per heavy atom. The summed E-state index contributed by atoms with van der Waals surface area (Å²) in [6.07, 6.45) is 0. The summed E-state index contributed by atoms with van der Waals surface area (Å²) in [6, 6.07) is 15.1. The van der Waals surface area contributed by atoms with Gasteiger partial charge in [-0.15, -0.1) is 0 Å². The molecule has 1 atom stereocenters. The summed E-state index contributed by atoms with van der Waals surface area (Å²) in [4.78, 5) is 32.8. The van der Waals surface area contributed by atoms with Gasteiger partial charge < -0.3 is 9.84 Å². The van der Waals surface area contributed by atoms with Gasteiger partial charge in [0.05, 0.1) is 22.9 Å². The third-order valence-electron chi connectivity index (χ3n) is 6.02. The van der Waals surface area contributed by atoms with Crippen molar-refractivity contribution in [3.05, 3.63) is 94.3 Å². The van der Waals surface area contributed by atoms with Crippen LogP contribution in [0, 0.1) is 19.7 Å². The highest BCUT2D eigenvalue weighted by Crippen LogP contribution is 2.46. The number of nitrogens with zero attached hydrogens (tertiary/aromatic N) is 2. The summed E-state index contributed by atoms with van der Waals surface area (Å²) in [7, 11) is 1.49. The fraction of sp³-hybridized carbons (Fsp3) is 0.148. The summed E-state index contributed by atoms with van der Waals surface area (Å²) in [5.74, 6) is -2.09. The zero-order valence-electron chi connectivity index (χ0n) is 19.2. The molecule has 3 aromatic carbocycles. The van der Waals surface area contributed by atoms with Crippen LogP contribution in [0.3, 0.4) is 0 Å². The number of carbonyl (C=O) groups excluding carboxylic acids is 2. The first-order valence-corrected chi connectivity index (χ1v) is 11.7. The lowest BCUT2D eigenvalue weighted by molar-refractivity contribution is -0.132. The molecule has 1 aliphatic heterocycles. The van der Waals surface area contributed by atoms with Gasteiger partial charge in [-0.25, -0.2) is 9.37 Å². The molecule has 8 heteroatoms. The largest absolute Gasteiger partial charge is 0.507 e. The molecule has 0 saturated carbocycles. The molecule has 0 radical (unpaired) electrons. The molecule has 0 aliphatic carbocycles. The summed E-state index contributed by atoms with van der Waals surface area (Å²) < 4.78 is 19.9. The van der Waals surface area contributed by atoms with Gasteiger partial charge in [0.25, 0.3) is 5.78 Å². The predicted octanol–water partition coefficient (Wildman–Crippen LogP) is 5.69. The number of aliphatic hydroxyl groups is 1. The van der Waals surface area contributed by atoms with Crippen LogP contribution in [0.15, 0.2) is 66.2 Å². The lowest BCUT2D eigenvalue weighted by Crippen LogP contribution is -2.29. The Bertz CT molecular complexity index is 1520. The second-order valence-electron chi connectivity index (χ2n) is 8.34. The van der Waals surface area contributed by atoms with Gasteiger partial charge in [0.1, 0.15) is 23.4 Å². The van der Waals surface area contributed by atoms with Gasteiger partial charge in [-0.3, -0.25) is 14.5 Å². The maximum Gasteiger partial charge on any atom is 0.301 e. The molecule has 1 amide bonds. The normalized spacial score (nSPS) is 17.4. The van der Waals surface area contributed by atoms with E-state index in [9.17, 15) is 19.1 Å². The molecule has 176 valence electrons. The van der Waals surface area contributed by atoms with E-state index in [-0.39, 0.29) is 11.1 Å². The van der Waals surface area contributed by atoms with Crippen LogP contribution >= 0.6 is 11.3 Å². The Labute approximate surface area is 204 Å². The van der Waals surface area contributed by atoms with Gasteiger partial charge in [0.15, 0.2) is 5.13 Å². The molecule has 0 bridgehead atoms. The fourth-order valence-electron chi connectivity index (χ4n) is 4.44. The van der Waals surface area contributed by atoms with Crippen LogP contribution in [0.4, 0.5) is 9.52 Å². The highest BCUT2D eigenvalue weighted by atomic mass is 32.1. The van der Waals surface area contributed by atoms with Crippen LogP contribution in [0.2, 0.25) is 0 Å². The van der Waals surface area contributed by atoms with E-state index >= 15 is 0 Å². The van der Waals surface area contributed by atoms with E-state index in [1.807, 2.05) is 26.0 Å².